The predicted octanol–water partition coefficient (Wildman–Crippen LogP) is 12.2. The number of benzene rings is 7. The van der Waals surface area contributed by atoms with E-state index in [2.05, 4.69) is 129 Å². The van der Waals surface area contributed by atoms with Crippen molar-refractivity contribution in [3.63, 3.8) is 0 Å². The number of aromatic nitrogens is 4. The maximum absolute atomic E-state index is 8.38. The van der Waals surface area contributed by atoms with Crippen molar-refractivity contribution in [3.8, 4) is 45.3 Å². The molecule has 5 nitrogen and oxygen atoms in total. The predicted molar refractivity (Wildman–Crippen MR) is 213 cm³/mol. The zero-order chi connectivity index (χ0) is 34.6. The molecule has 0 aliphatic rings. The molecule has 0 fully saturated rings. The fraction of sp³-hybridized carbons (Fsp3) is 0. The topological polar surface area (TPSA) is 40.0 Å². The molecule has 0 radical (unpaired) electrons. The maximum Gasteiger partial charge on any atom is 0.238 e. The molecule has 10 aromatic rings. The Morgan fingerprint density at radius 1 is 0.442 bits per heavy atom. The number of hydrogen-bond donors (Lipinski definition) is 0. The summed E-state index contributed by atoms with van der Waals surface area (Å²) in [6.07, 6.45) is 0. The van der Waals surface area contributed by atoms with Crippen LogP contribution in [0.4, 0.5) is 5.69 Å². The van der Waals surface area contributed by atoms with Gasteiger partial charge in [-0.15, -0.1) is 0 Å². The molecular weight excluding hydrogens is 635 g/mol. The third kappa shape index (κ3) is 4.49. The van der Waals surface area contributed by atoms with Gasteiger partial charge in [-0.25, -0.2) is 14.8 Å². The summed E-state index contributed by atoms with van der Waals surface area (Å²) in [5.74, 6) is 0.557. The Bertz CT molecular complexity index is 2930. The summed E-state index contributed by atoms with van der Waals surface area (Å²) in [6, 6.07) is 60.6. The third-order valence-electron chi connectivity index (χ3n) is 9.93. The van der Waals surface area contributed by atoms with Gasteiger partial charge in [0.15, 0.2) is 5.82 Å². The highest BCUT2D eigenvalue weighted by Gasteiger charge is 2.26. The molecule has 0 amide bonds. The highest BCUT2D eigenvalue weighted by atomic mass is 15.0. The summed E-state index contributed by atoms with van der Waals surface area (Å²) in [5, 5.41) is 4.63. The quantitative estimate of drug-likeness (QED) is 0.172. The van der Waals surface area contributed by atoms with Crippen molar-refractivity contribution < 1.29 is 0 Å². The van der Waals surface area contributed by atoms with E-state index in [0.717, 1.165) is 60.9 Å². The van der Waals surface area contributed by atoms with Crippen molar-refractivity contribution >= 4 is 49.3 Å². The van der Waals surface area contributed by atoms with Gasteiger partial charge < -0.3 is 9.13 Å². The first-order valence-electron chi connectivity index (χ1n) is 17.3. The molecule has 242 valence electrons. The zero-order valence-electron chi connectivity index (χ0n) is 28.0. The Morgan fingerprint density at radius 2 is 0.885 bits per heavy atom. The third-order valence-corrected chi connectivity index (χ3v) is 9.93. The lowest BCUT2D eigenvalue weighted by atomic mass is 10.00. The molecule has 0 spiro atoms. The van der Waals surface area contributed by atoms with Crippen LogP contribution in [0.25, 0.3) is 93.7 Å². The average molecular weight is 664 g/mol. The van der Waals surface area contributed by atoms with Gasteiger partial charge in [0, 0.05) is 38.5 Å². The minimum atomic E-state index is 0.431. The Hall–Kier alpha value is -7.29. The van der Waals surface area contributed by atoms with E-state index >= 15 is 0 Å². The van der Waals surface area contributed by atoms with Crippen molar-refractivity contribution in [2.75, 3.05) is 0 Å². The summed E-state index contributed by atoms with van der Waals surface area (Å²) >= 11 is 0. The minimum absolute atomic E-state index is 0.431. The molecule has 0 saturated heterocycles. The summed E-state index contributed by atoms with van der Waals surface area (Å²) in [7, 11) is 0. The van der Waals surface area contributed by atoms with Gasteiger partial charge >= 0.3 is 0 Å². The molecule has 0 aliphatic carbocycles. The van der Waals surface area contributed by atoms with Crippen molar-refractivity contribution in [2.24, 2.45) is 0 Å². The van der Waals surface area contributed by atoms with E-state index < -0.39 is 0 Å². The van der Waals surface area contributed by atoms with E-state index in [-0.39, 0.29) is 0 Å². The largest absolute Gasteiger partial charge is 0.309 e. The summed E-state index contributed by atoms with van der Waals surface area (Å²) < 4.78 is 4.70. The Balaban J connectivity index is 1.46. The van der Waals surface area contributed by atoms with Crippen LogP contribution in [0.2, 0.25) is 0 Å². The van der Waals surface area contributed by atoms with E-state index in [1.807, 2.05) is 60.7 Å². The molecule has 0 atom stereocenters. The van der Waals surface area contributed by atoms with Crippen molar-refractivity contribution in [1.82, 2.24) is 19.1 Å². The number of nitrogens with zero attached hydrogens (tertiary/aromatic N) is 5. The van der Waals surface area contributed by atoms with Crippen molar-refractivity contribution in [3.05, 3.63) is 187 Å². The Labute approximate surface area is 300 Å². The molecule has 10 rings (SSSR count). The second kappa shape index (κ2) is 11.9. The lowest BCUT2D eigenvalue weighted by Gasteiger charge is -2.16. The minimum Gasteiger partial charge on any atom is -0.309 e. The van der Waals surface area contributed by atoms with Gasteiger partial charge in [-0.1, -0.05) is 133 Å². The van der Waals surface area contributed by atoms with Gasteiger partial charge in [0.25, 0.3) is 0 Å². The number of fused-ring (bicyclic) bond motifs is 7. The molecule has 7 aromatic carbocycles. The fourth-order valence-corrected chi connectivity index (χ4v) is 7.76. The molecule has 0 N–H and O–H groups in total. The molecule has 0 aliphatic heterocycles. The van der Waals surface area contributed by atoms with Gasteiger partial charge in [-0.3, -0.25) is 0 Å². The van der Waals surface area contributed by atoms with E-state index in [9.17, 15) is 0 Å². The lowest BCUT2D eigenvalue weighted by Crippen LogP contribution is -2.01. The molecule has 0 unspecified atom stereocenters. The second-order valence-electron chi connectivity index (χ2n) is 12.9. The first kappa shape index (κ1) is 29.6. The summed E-state index contributed by atoms with van der Waals surface area (Å²) in [4.78, 5) is 14.8. The highest BCUT2D eigenvalue weighted by Crippen LogP contribution is 2.47. The number of hydrogen-bond acceptors (Lipinski definition) is 2. The SMILES string of the molecule is [C-]#[N+]c1c(-c2ccccc2)nc(-c2cc3c(c4ccccc4n3-c3ccccc3)c3c4ccccc4n(-c4ccccc4)c23)nc1-c1ccccc1. The Kier molecular flexibility index (Phi) is 6.80. The van der Waals surface area contributed by atoms with Gasteiger partial charge in [0.2, 0.25) is 5.69 Å². The first-order chi connectivity index (χ1) is 25.8. The van der Waals surface area contributed by atoms with Crippen LogP contribution < -0.4 is 0 Å². The fourth-order valence-electron chi connectivity index (χ4n) is 7.76. The zero-order valence-corrected chi connectivity index (χ0v) is 28.0. The number of rotatable bonds is 5. The lowest BCUT2D eigenvalue weighted by molar-refractivity contribution is 1.15. The monoisotopic (exact) mass is 663 g/mol. The van der Waals surface area contributed by atoms with E-state index in [1.54, 1.807) is 0 Å². The highest BCUT2D eigenvalue weighted by molar-refractivity contribution is 6.31. The van der Waals surface area contributed by atoms with Gasteiger partial charge in [-0.05, 0) is 53.6 Å². The van der Waals surface area contributed by atoms with Crippen LogP contribution in [-0.2, 0) is 0 Å². The summed E-state index contributed by atoms with van der Waals surface area (Å²) in [5.41, 5.74) is 10.7. The van der Waals surface area contributed by atoms with E-state index in [1.165, 1.54) is 10.8 Å². The van der Waals surface area contributed by atoms with Crippen molar-refractivity contribution in [2.45, 2.75) is 0 Å². The second-order valence-corrected chi connectivity index (χ2v) is 12.9. The Morgan fingerprint density at radius 3 is 1.42 bits per heavy atom. The molecule has 52 heavy (non-hydrogen) atoms. The molecule has 3 aromatic heterocycles. The van der Waals surface area contributed by atoms with Crippen LogP contribution in [0.1, 0.15) is 0 Å². The standard InChI is InChI=1S/C47H29N5/c1-48-45-43(31-18-6-2-7-19-31)49-47(50-44(45)32-20-8-3-9-21-32)37-30-40-41(35-26-14-16-28-38(35)51(40)33-22-10-4-11-23-33)42-36-27-15-17-29-39(36)52(46(37)42)34-24-12-5-13-25-34/h2-30H. The summed E-state index contributed by atoms with van der Waals surface area (Å²) in [6.45, 7) is 8.38. The van der Waals surface area contributed by atoms with E-state index in [4.69, 9.17) is 16.5 Å². The normalized spacial score (nSPS) is 11.4. The van der Waals surface area contributed by atoms with Crippen molar-refractivity contribution in [1.29, 1.82) is 0 Å². The van der Waals surface area contributed by atoms with Crippen LogP contribution in [0.15, 0.2) is 176 Å². The molecule has 5 heteroatoms. The van der Waals surface area contributed by atoms with Crippen LogP contribution >= 0.6 is 0 Å². The van der Waals surface area contributed by atoms with Gasteiger partial charge in [0.1, 0.15) is 0 Å². The molecular formula is C47H29N5. The first-order valence-corrected chi connectivity index (χ1v) is 17.3. The molecule has 0 saturated carbocycles. The van der Waals surface area contributed by atoms with Crippen LogP contribution in [0, 0.1) is 6.57 Å². The van der Waals surface area contributed by atoms with Crippen LogP contribution in [0.3, 0.4) is 0 Å². The van der Waals surface area contributed by atoms with E-state index in [0.29, 0.717) is 22.9 Å². The maximum atomic E-state index is 8.38. The average Bonchev–Trinajstić information content (AvgIpc) is 3.74. The van der Waals surface area contributed by atoms with Gasteiger partial charge in [-0.2, -0.15) is 0 Å². The van der Waals surface area contributed by atoms with Crippen LogP contribution in [0.5, 0.6) is 0 Å². The van der Waals surface area contributed by atoms with Crippen LogP contribution in [-0.4, -0.2) is 19.1 Å². The molecule has 3 heterocycles. The number of para-hydroxylation sites is 4. The smallest absolute Gasteiger partial charge is 0.238 e. The van der Waals surface area contributed by atoms with Gasteiger partial charge in [0.05, 0.1) is 40.0 Å². The molecule has 0 bridgehead atoms.